The first-order valence-electron chi connectivity index (χ1n) is 5.07. The molecule has 1 aromatic heterocycles. The summed E-state index contributed by atoms with van der Waals surface area (Å²) in [4.78, 5) is 9.02. The number of aromatic nitrogens is 2. The SMILES string of the molecule is NS(=O)(=O)c1cn(C2CCS(=O)(=O)C2)nc1[N+](=O)[O-]. The first kappa shape index (κ1) is 13.9. The van der Waals surface area contributed by atoms with Gasteiger partial charge < -0.3 is 10.1 Å². The second kappa shape index (κ2) is 4.25. The summed E-state index contributed by atoms with van der Waals surface area (Å²) in [6, 6.07) is -0.612. The molecule has 1 saturated heterocycles. The largest absolute Gasteiger partial charge is 0.410 e. The van der Waals surface area contributed by atoms with Crippen LogP contribution in [0.2, 0.25) is 0 Å². The Balaban J connectivity index is 2.48. The predicted molar refractivity (Wildman–Crippen MR) is 62.6 cm³/mol. The Morgan fingerprint density at radius 3 is 2.53 bits per heavy atom. The van der Waals surface area contributed by atoms with Gasteiger partial charge >= 0.3 is 5.82 Å². The number of nitro groups is 1. The number of nitrogens with zero attached hydrogens (tertiary/aromatic N) is 3. The van der Waals surface area contributed by atoms with Crippen molar-refractivity contribution in [1.82, 2.24) is 9.78 Å². The summed E-state index contributed by atoms with van der Waals surface area (Å²) in [5.41, 5.74) is 0. The van der Waals surface area contributed by atoms with Crippen LogP contribution >= 0.6 is 0 Å². The highest BCUT2D eigenvalue weighted by Crippen LogP contribution is 2.27. The van der Waals surface area contributed by atoms with Gasteiger partial charge in [-0.1, -0.05) is 0 Å². The van der Waals surface area contributed by atoms with E-state index in [1.165, 1.54) is 0 Å². The summed E-state index contributed by atoms with van der Waals surface area (Å²) in [5, 5.41) is 19.1. The maximum absolute atomic E-state index is 11.3. The minimum absolute atomic E-state index is 0.0595. The predicted octanol–water partition coefficient (Wildman–Crippen LogP) is -1.20. The topological polar surface area (TPSA) is 155 Å². The number of nitrogens with two attached hydrogens (primary N) is 1. The third-order valence-electron chi connectivity index (χ3n) is 2.74. The third kappa shape index (κ3) is 2.74. The fourth-order valence-electron chi connectivity index (χ4n) is 1.86. The zero-order chi connectivity index (χ0) is 14.4. The van der Waals surface area contributed by atoms with Crippen molar-refractivity contribution in [2.24, 2.45) is 5.14 Å². The molecule has 1 aliphatic heterocycles. The molecule has 1 fully saturated rings. The highest BCUT2D eigenvalue weighted by Gasteiger charge is 2.36. The Labute approximate surface area is 108 Å². The molecule has 1 aliphatic rings. The van der Waals surface area contributed by atoms with E-state index in [4.69, 9.17) is 5.14 Å². The first-order valence-corrected chi connectivity index (χ1v) is 8.44. The molecule has 0 spiro atoms. The molecule has 19 heavy (non-hydrogen) atoms. The molecule has 0 aromatic carbocycles. The number of sulfonamides is 1. The smallest absolute Gasteiger partial charge is 0.358 e. The molecular weight excluding hydrogens is 300 g/mol. The Morgan fingerprint density at radius 2 is 2.16 bits per heavy atom. The van der Waals surface area contributed by atoms with E-state index in [9.17, 15) is 26.9 Å². The second-order valence-corrected chi connectivity index (χ2v) is 7.91. The van der Waals surface area contributed by atoms with Crippen LogP contribution in [0.4, 0.5) is 5.82 Å². The number of rotatable bonds is 3. The first-order chi connectivity index (χ1) is 8.60. The van der Waals surface area contributed by atoms with Crippen molar-refractivity contribution < 1.29 is 21.8 Å². The molecule has 106 valence electrons. The molecule has 2 N–H and O–H groups in total. The van der Waals surface area contributed by atoms with Crippen LogP contribution in [-0.4, -0.2) is 43.0 Å². The van der Waals surface area contributed by atoms with E-state index in [0.717, 1.165) is 10.9 Å². The summed E-state index contributed by atoms with van der Waals surface area (Å²) in [6.07, 6.45) is 1.13. The molecule has 0 saturated carbocycles. The number of hydrogen-bond acceptors (Lipinski definition) is 7. The van der Waals surface area contributed by atoms with Crippen LogP contribution in [0.25, 0.3) is 0 Å². The molecule has 1 aromatic rings. The maximum atomic E-state index is 11.3. The minimum atomic E-state index is -4.29. The lowest BCUT2D eigenvalue weighted by Crippen LogP contribution is -2.13. The summed E-state index contributed by atoms with van der Waals surface area (Å²) in [6.45, 7) is 0. The van der Waals surface area contributed by atoms with Crippen LogP contribution < -0.4 is 5.14 Å². The summed E-state index contributed by atoms with van der Waals surface area (Å²) >= 11 is 0. The van der Waals surface area contributed by atoms with Crippen molar-refractivity contribution in [3.8, 4) is 0 Å². The lowest BCUT2D eigenvalue weighted by molar-refractivity contribution is -0.392. The van der Waals surface area contributed by atoms with E-state index in [0.29, 0.717) is 0 Å². The zero-order valence-corrected chi connectivity index (χ0v) is 11.1. The quantitative estimate of drug-likeness (QED) is 0.542. The van der Waals surface area contributed by atoms with Gasteiger partial charge in [0, 0.05) is 0 Å². The van der Waals surface area contributed by atoms with Crippen LogP contribution in [0.15, 0.2) is 11.1 Å². The highest BCUT2D eigenvalue weighted by atomic mass is 32.2. The molecule has 0 amide bonds. The monoisotopic (exact) mass is 310 g/mol. The lowest BCUT2D eigenvalue weighted by atomic mass is 10.3. The number of primary sulfonamides is 1. The van der Waals surface area contributed by atoms with Gasteiger partial charge in [-0.05, 0) is 11.3 Å². The second-order valence-electron chi connectivity index (χ2n) is 4.16. The molecule has 12 heteroatoms. The van der Waals surface area contributed by atoms with Gasteiger partial charge in [-0.15, -0.1) is 0 Å². The summed E-state index contributed by atoms with van der Waals surface area (Å²) in [7, 11) is -7.50. The third-order valence-corrected chi connectivity index (χ3v) is 5.39. The van der Waals surface area contributed by atoms with Gasteiger partial charge in [0.1, 0.15) is 0 Å². The van der Waals surface area contributed by atoms with E-state index in [-0.39, 0.29) is 17.9 Å². The van der Waals surface area contributed by atoms with E-state index >= 15 is 0 Å². The number of sulfone groups is 1. The Bertz CT molecular complexity index is 734. The van der Waals surface area contributed by atoms with Crippen LogP contribution in [0.5, 0.6) is 0 Å². The van der Waals surface area contributed by atoms with Crippen molar-refractivity contribution in [2.45, 2.75) is 17.4 Å². The number of hydrogen-bond donors (Lipinski definition) is 1. The molecule has 2 rings (SSSR count). The average molecular weight is 310 g/mol. The molecule has 2 heterocycles. The van der Waals surface area contributed by atoms with E-state index in [1.807, 2.05) is 0 Å². The van der Waals surface area contributed by atoms with Gasteiger partial charge in [0.05, 0.1) is 28.8 Å². The Morgan fingerprint density at radius 1 is 1.53 bits per heavy atom. The van der Waals surface area contributed by atoms with E-state index in [1.54, 1.807) is 0 Å². The Hall–Kier alpha value is -1.53. The van der Waals surface area contributed by atoms with Crippen molar-refractivity contribution >= 4 is 25.7 Å². The summed E-state index contributed by atoms with van der Waals surface area (Å²) in [5.74, 6) is -1.18. The molecule has 1 atom stereocenters. The average Bonchev–Trinajstić information content (AvgIpc) is 2.79. The fraction of sp³-hybridized carbons (Fsp3) is 0.571. The van der Waals surface area contributed by atoms with Gasteiger partial charge in [-0.25, -0.2) is 22.0 Å². The molecular formula is C7H10N4O6S2. The summed E-state index contributed by atoms with van der Waals surface area (Å²) < 4.78 is 46.1. The molecule has 0 aliphatic carbocycles. The van der Waals surface area contributed by atoms with E-state index in [2.05, 4.69) is 5.10 Å². The standard InChI is InChI=1S/C7H10N4O6S2/c8-19(16,17)6-3-10(9-7(6)11(12)13)5-1-2-18(14,15)4-5/h3,5H,1-2,4H2,(H2,8,16,17). The molecule has 1 unspecified atom stereocenters. The fourth-order valence-corrected chi connectivity index (χ4v) is 4.19. The molecule has 10 nitrogen and oxygen atoms in total. The Kier molecular flexibility index (Phi) is 3.10. The van der Waals surface area contributed by atoms with Gasteiger partial charge in [0.25, 0.3) is 0 Å². The minimum Gasteiger partial charge on any atom is -0.358 e. The van der Waals surface area contributed by atoms with Crippen LogP contribution in [0.1, 0.15) is 12.5 Å². The van der Waals surface area contributed by atoms with Crippen molar-refractivity contribution in [3.05, 3.63) is 16.3 Å². The molecule has 0 bridgehead atoms. The van der Waals surface area contributed by atoms with Crippen LogP contribution in [-0.2, 0) is 19.9 Å². The van der Waals surface area contributed by atoms with E-state index < -0.39 is 41.5 Å². The van der Waals surface area contributed by atoms with Crippen molar-refractivity contribution in [3.63, 3.8) is 0 Å². The highest BCUT2D eigenvalue weighted by molar-refractivity contribution is 7.91. The van der Waals surface area contributed by atoms with Crippen LogP contribution in [0, 0.1) is 10.1 Å². The normalized spacial score (nSPS) is 22.5. The van der Waals surface area contributed by atoms with Gasteiger partial charge in [0.2, 0.25) is 14.9 Å². The zero-order valence-electron chi connectivity index (χ0n) is 9.46. The van der Waals surface area contributed by atoms with Crippen LogP contribution in [0.3, 0.4) is 0 Å². The van der Waals surface area contributed by atoms with Gasteiger partial charge in [-0.2, -0.15) is 4.68 Å². The van der Waals surface area contributed by atoms with Gasteiger partial charge in [0.15, 0.2) is 9.84 Å². The molecule has 0 radical (unpaired) electrons. The van der Waals surface area contributed by atoms with Gasteiger partial charge in [-0.3, -0.25) is 0 Å². The van der Waals surface area contributed by atoms with Crippen molar-refractivity contribution in [1.29, 1.82) is 0 Å². The lowest BCUT2D eigenvalue weighted by Gasteiger charge is -2.01. The maximum Gasteiger partial charge on any atom is 0.410 e. The van der Waals surface area contributed by atoms with Crippen molar-refractivity contribution in [2.75, 3.05) is 11.5 Å².